The van der Waals surface area contributed by atoms with Crippen LogP contribution in [0, 0.1) is 5.82 Å². The molecule has 2 aliphatic rings. The third-order valence-corrected chi connectivity index (χ3v) is 5.31. The molecule has 1 N–H and O–H groups in total. The molecule has 0 unspecified atom stereocenters. The maximum absolute atomic E-state index is 13.9. The Morgan fingerprint density at radius 2 is 2.19 bits per heavy atom. The second-order valence-electron chi connectivity index (χ2n) is 6.01. The van der Waals surface area contributed by atoms with Crippen molar-refractivity contribution in [1.29, 1.82) is 0 Å². The molecule has 0 atom stereocenters. The molecule has 21 heavy (non-hydrogen) atoms. The number of halogens is 1. The van der Waals surface area contributed by atoms with Crippen LogP contribution in [0.3, 0.4) is 0 Å². The topological polar surface area (TPSA) is 15.3 Å². The highest BCUT2D eigenvalue weighted by molar-refractivity contribution is 7.10. The number of hydrogen-bond donors (Lipinski definition) is 1. The summed E-state index contributed by atoms with van der Waals surface area (Å²) in [6, 6.07) is 8.30. The number of hydrogen-bond acceptors (Lipinski definition) is 3. The Morgan fingerprint density at radius 1 is 1.29 bits per heavy atom. The minimum Gasteiger partial charge on any atom is -0.367 e. The van der Waals surface area contributed by atoms with Crippen molar-refractivity contribution < 1.29 is 4.39 Å². The first-order chi connectivity index (χ1) is 10.3. The van der Waals surface area contributed by atoms with Crippen molar-refractivity contribution in [3.8, 4) is 0 Å². The number of fused-ring (bicyclic) bond motifs is 1. The lowest BCUT2D eigenvalue weighted by Gasteiger charge is -2.29. The Hall–Kier alpha value is -1.39. The Bertz CT molecular complexity index is 648. The lowest BCUT2D eigenvalue weighted by molar-refractivity contribution is 0.617. The number of nitrogens with zero attached hydrogens (tertiary/aromatic N) is 1. The van der Waals surface area contributed by atoms with Gasteiger partial charge in [-0.1, -0.05) is 0 Å². The summed E-state index contributed by atoms with van der Waals surface area (Å²) in [6.07, 6.45) is 3.59. The van der Waals surface area contributed by atoms with Gasteiger partial charge >= 0.3 is 0 Å². The molecule has 4 rings (SSSR count). The van der Waals surface area contributed by atoms with Crippen LogP contribution in [0.25, 0.3) is 0 Å². The third-order valence-electron chi connectivity index (χ3n) is 4.29. The van der Waals surface area contributed by atoms with E-state index in [1.807, 2.05) is 11.3 Å². The molecule has 0 bridgehead atoms. The third kappa shape index (κ3) is 2.97. The van der Waals surface area contributed by atoms with E-state index in [1.165, 1.54) is 23.3 Å². The second-order valence-corrected chi connectivity index (χ2v) is 7.01. The number of benzene rings is 1. The predicted molar refractivity (Wildman–Crippen MR) is 85.3 cm³/mol. The van der Waals surface area contributed by atoms with E-state index in [9.17, 15) is 4.39 Å². The summed E-state index contributed by atoms with van der Waals surface area (Å²) in [4.78, 5) is 3.77. The number of rotatable bonds is 4. The van der Waals surface area contributed by atoms with Crippen LogP contribution >= 0.6 is 11.3 Å². The van der Waals surface area contributed by atoms with Gasteiger partial charge < -0.3 is 10.2 Å². The van der Waals surface area contributed by atoms with Crippen LogP contribution in [-0.2, 0) is 19.5 Å². The van der Waals surface area contributed by atoms with E-state index < -0.39 is 0 Å². The first-order valence-corrected chi connectivity index (χ1v) is 8.49. The van der Waals surface area contributed by atoms with Crippen LogP contribution in [0.1, 0.15) is 28.8 Å². The van der Waals surface area contributed by atoms with Gasteiger partial charge in [-0.2, -0.15) is 0 Å². The summed E-state index contributed by atoms with van der Waals surface area (Å²) in [7, 11) is 0. The van der Waals surface area contributed by atoms with E-state index in [4.69, 9.17) is 0 Å². The maximum Gasteiger partial charge on any atom is 0.125 e. The van der Waals surface area contributed by atoms with E-state index in [0.717, 1.165) is 37.3 Å². The van der Waals surface area contributed by atoms with Gasteiger partial charge in [0.15, 0.2) is 0 Å². The molecule has 1 aromatic carbocycles. The molecular weight excluding hydrogens is 283 g/mol. The molecular formula is C17H19FN2S. The van der Waals surface area contributed by atoms with E-state index in [2.05, 4.69) is 27.7 Å². The zero-order valence-electron chi connectivity index (χ0n) is 11.9. The molecule has 0 saturated heterocycles. The highest BCUT2D eigenvalue weighted by Gasteiger charge is 2.21. The van der Waals surface area contributed by atoms with Crippen molar-refractivity contribution in [3.63, 3.8) is 0 Å². The Balaban J connectivity index is 1.53. The minimum absolute atomic E-state index is 0.129. The van der Waals surface area contributed by atoms with Crippen LogP contribution < -0.4 is 10.2 Å². The van der Waals surface area contributed by atoms with Crippen LogP contribution in [0.4, 0.5) is 10.1 Å². The van der Waals surface area contributed by atoms with Gasteiger partial charge in [-0.05, 0) is 60.0 Å². The Morgan fingerprint density at radius 3 is 3.05 bits per heavy atom. The molecule has 2 aromatic rings. The van der Waals surface area contributed by atoms with Gasteiger partial charge in [0.1, 0.15) is 5.82 Å². The van der Waals surface area contributed by atoms with Gasteiger partial charge in [-0.3, -0.25) is 0 Å². The van der Waals surface area contributed by atoms with Crippen molar-refractivity contribution >= 4 is 17.0 Å². The summed E-state index contributed by atoms with van der Waals surface area (Å²) in [5, 5.41) is 5.62. The van der Waals surface area contributed by atoms with E-state index in [0.29, 0.717) is 6.04 Å². The van der Waals surface area contributed by atoms with Crippen molar-refractivity contribution in [3.05, 3.63) is 51.5 Å². The molecule has 1 saturated carbocycles. The Kier molecular flexibility index (Phi) is 3.43. The molecule has 0 amide bonds. The second kappa shape index (κ2) is 5.43. The highest BCUT2D eigenvalue weighted by Crippen LogP contribution is 2.29. The molecule has 1 aromatic heterocycles. The lowest BCUT2D eigenvalue weighted by Crippen LogP contribution is -2.29. The summed E-state index contributed by atoms with van der Waals surface area (Å²) in [5.41, 5.74) is 3.46. The number of anilines is 1. The van der Waals surface area contributed by atoms with Crippen LogP contribution in [0.2, 0.25) is 0 Å². The van der Waals surface area contributed by atoms with E-state index >= 15 is 0 Å². The quantitative estimate of drug-likeness (QED) is 0.926. The van der Waals surface area contributed by atoms with Crippen LogP contribution in [0.15, 0.2) is 29.6 Å². The van der Waals surface area contributed by atoms with Crippen molar-refractivity contribution in [2.75, 3.05) is 11.4 Å². The van der Waals surface area contributed by atoms with Crippen molar-refractivity contribution in [2.24, 2.45) is 0 Å². The first kappa shape index (κ1) is 13.3. The predicted octanol–water partition coefficient (Wildman–Crippen LogP) is 3.70. The molecule has 0 spiro atoms. The molecule has 2 nitrogen and oxygen atoms in total. The number of nitrogens with one attached hydrogen (secondary N) is 1. The first-order valence-electron chi connectivity index (χ1n) is 7.61. The molecule has 1 aliphatic heterocycles. The molecule has 1 aliphatic carbocycles. The average molecular weight is 302 g/mol. The zero-order chi connectivity index (χ0) is 14.2. The van der Waals surface area contributed by atoms with Gasteiger partial charge in [0.25, 0.3) is 0 Å². The number of thiophene rings is 1. The summed E-state index contributed by atoms with van der Waals surface area (Å²) in [6.45, 7) is 2.65. The summed E-state index contributed by atoms with van der Waals surface area (Å²) >= 11 is 1.84. The standard InChI is InChI=1S/C17H19FN2S/c18-14-7-12(10-19-15-1-2-15)8-16(9-14)20-5-3-17-13(11-20)4-6-21-17/h4,6-9,15,19H,1-3,5,10-11H2. The van der Waals surface area contributed by atoms with Gasteiger partial charge in [-0.15, -0.1) is 11.3 Å². The smallest absolute Gasteiger partial charge is 0.125 e. The lowest BCUT2D eigenvalue weighted by atomic mass is 10.1. The molecule has 1 fully saturated rings. The molecule has 4 heteroatoms. The average Bonchev–Trinajstić information content (AvgIpc) is 3.20. The van der Waals surface area contributed by atoms with Crippen LogP contribution in [0.5, 0.6) is 0 Å². The Labute approximate surface area is 128 Å². The minimum atomic E-state index is -0.129. The van der Waals surface area contributed by atoms with Crippen LogP contribution in [-0.4, -0.2) is 12.6 Å². The highest BCUT2D eigenvalue weighted by atomic mass is 32.1. The summed E-state index contributed by atoms with van der Waals surface area (Å²) < 4.78 is 13.9. The normalized spacial score (nSPS) is 17.9. The SMILES string of the molecule is Fc1cc(CNC2CC2)cc(N2CCc3sccc3C2)c1. The fourth-order valence-corrected chi connectivity index (χ4v) is 3.83. The molecule has 0 radical (unpaired) electrons. The summed E-state index contributed by atoms with van der Waals surface area (Å²) in [5.74, 6) is -0.129. The fraction of sp³-hybridized carbons (Fsp3) is 0.412. The van der Waals surface area contributed by atoms with Gasteiger partial charge in [0.2, 0.25) is 0 Å². The van der Waals surface area contributed by atoms with E-state index in [-0.39, 0.29) is 5.82 Å². The van der Waals surface area contributed by atoms with Crippen molar-refractivity contribution in [1.82, 2.24) is 5.32 Å². The van der Waals surface area contributed by atoms with Crippen molar-refractivity contribution in [2.45, 2.75) is 38.4 Å². The van der Waals surface area contributed by atoms with Gasteiger partial charge in [0, 0.05) is 36.2 Å². The van der Waals surface area contributed by atoms with Gasteiger partial charge in [0.05, 0.1) is 0 Å². The van der Waals surface area contributed by atoms with Gasteiger partial charge in [-0.25, -0.2) is 4.39 Å². The zero-order valence-corrected chi connectivity index (χ0v) is 12.8. The largest absolute Gasteiger partial charge is 0.367 e. The monoisotopic (exact) mass is 302 g/mol. The van der Waals surface area contributed by atoms with E-state index in [1.54, 1.807) is 12.1 Å². The molecule has 110 valence electrons. The fourth-order valence-electron chi connectivity index (χ4n) is 2.94. The molecule has 2 heterocycles. The maximum atomic E-state index is 13.9.